The molecule has 12 heavy (non-hydrogen) atoms. The van der Waals surface area contributed by atoms with Crippen molar-refractivity contribution in [3.63, 3.8) is 0 Å². The molecule has 0 aliphatic carbocycles. The van der Waals surface area contributed by atoms with Crippen molar-refractivity contribution in [1.82, 2.24) is 4.90 Å². The van der Waals surface area contributed by atoms with Gasteiger partial charge in [-0.05, 0) is 45.3 Å². The first-order chi connectivity index (χ1) is 5.72. The average Bonchev–Trinajstić information content (AvgIpc) is 2.36. The van der Waals surface area contributed by atoms with E-state index in [1.165, 1.54) is 31.5 Å². The molecule has 1 unspecified atom stereocenters. The van der Waals surface area contributed by atoms with Crippen molar-refractivity contribution >= 4 is 0 Å². The van der Waals surface area contributed by atoms with E-state index in [2.05, 4.69) is 18.5 Å². The molecule has 1 fully saturated rings. The molecule has 0 aromatic carbocycles. The summed E-state index contributed by atoms with van der Waals surface area (Å²) < 4.78 is 0. The van der Waals surface area contributed by atoms with Crippen LogP contribution in [0.2, 0.25) is 0 Å². The van der Waals surface area contributed by atoms with Crippen molar-refractivity contribution in [2.45, 2.75) is 19.3 Å². The van der Waals surface area contributed by atoms with Gasteiger partial charge in [0.2, 0.25) is 0 Å². The maximum atomic E-state index is 5.46. The second kappa shape index (κ2) is 4.63. The summed E-state index contributed by atoms with van der Waals surface area (Å²) in [4.78, 5) is 2.39. The third kappa shape index (κ3) is 2.95. The van der Waals surface area contributed by atoms with E-state index in [1.807, 2.05) is 0 Å². The van der Waals surface area contributed by atoms with Gasteiger partial charge in [0.1, 0.15) is 0 Å². The summed E-state index contributed by atoms with van der Waals surface area (Å²) in [7, 11) is 2.19. The highest BCUT2D eigenvalue weighted by Crippen LogP contribution is 2.22. The van der Waals surface area contributed by atoms with Gasteiger partial charge in [-0.25, -0.2) is 0 Å². The van der Waals surface area contributed by atoms with Gasteiger partial charge in [-0.2, -0.15) is 0 Å². The zero-order valence-electron chi connectivity index (χ0n) is 8.05. The first-order valence-corrected chi connectivity index (χ1v) is 4.77. The third-order valence-corrected chi connectivity index (χ3v) is 2.56. The van der Waals surface area contributed by atoms with Crippen LogP contribution in [0.15, 0.2) is 12.2 Å². The topological polar surface area (TPSA) is 29.3 Å². The van der Waals surface area contributed by atoms with Crippen LogP contribution < -0.4 is 5.73 Å². The standard InChI is InChI=1S/C10H20N2/c1-9(3-5-11)7-10-4-6-12(2)8-10/h10H,1,3-8,11H2,2H3. The van der Waals surface area contributed by atoms with Crippen LogP contribution in [0.5, 0.6) is 0 Å². The first-order valence-electron chi connectivity index (χ1n) is 4.77. The van der Waals surface area contributed by atoms with E-state index in [0.29, 0.717) is 0 Å². The Labute approximate surface area is 75.4 Å². The summed E-state index contributed by atoms with van der Waals surface area (Å²) >= 11 is 0. The highest BCUT2D eigenvalue weighted by molar-refractivity contribution is 4.97. The van der Waals surface area contributed by atoms with Gasteiger partial charge in [0.15, 0.2) is 0 Å². The molecule has 0 amide bonds. The molecule has 2 N–H and O–H groups in total. The van der Waals surface area contributed by atoms with Crippen LogP contribution >= 0.6 is 0 Å². The molecular formula is C10H20N2. The monoisotopic (exact) mass is 168 g/mol. The minimum absolute atomic E-state index is 0.751. The Hall–Kier alpha value is -0.340. The van der Waals surface area contributed by atoms with Crippen molar-refractivity contribution in [1.29, 1.82) is 0 Å². The Kier molecular flexibility index (Phi) is 3.76. The van der Waals surface area contributed by atoms with Crippen LogP contribution in [0.25, 0.3) is 0 Å². The summed E-state index contributed by atoms with van der Waals surface area (Å²) in [5, 5.41) is 0. The minimum atomic E-state index is 0.751. The number of hydrogen-bond acceptors (Lipinski definition) is 2. The Bertz CT molecular complexity index is 154. The summed E-state index contributed by atoms with van der Waals surface area (Å²) in [5.41, 5.74) is 6.79. The van der Waals surface area contributed by atoms with Crippen molar-refractivity contribution < 1.29 is 0 Å². The first kappa shape index (κ1) is 9.75. The molecule has 1 rings (SSSR count). The quantitative estimate of drug-likeness (QED) is 0.640. The lowest BCUT2D eigenvalue weighted by Crippen LogP contribution is -2.14. The highest BCUT2D eigenvalue weighted by atomic mass is 15.1. The van der Waals surface area contributed by atoms with E-state index in [0.717, 1.165) is 18.9 Å². The number of nitrogens with two attached hydrogens (primary N) is 1. The zero-order valence-corrected chi connectivity index (χ0v) is 8.05. The molecule has 0 aromatic rings. The van der Waals surface area contributed by atoms with Crippen molar-refractivity contribution in [2.75, 3.05) is 26.7 Å². The number of rotatable bonds is 4. The predicted molar refractivity (Wildman–Crippen MR) is 53.0 cm³/mol. The van der Waals surface area contributed by atoms with Gasteiger partial charge in [0, 0.05) is 6.54 Å². The molecule has 0 aromatic heterocycles. The van der Waals surface area contributed by atoms with Crippen LogP contribution in [-0.4, -0.2) is 31.6 Å². The Morgan fingerprint density at radius 2 is 2.42 bits per heavy atom. The SMILES string of the molecule is C=C(CCN)CC1CCN(C)C1. The van der Waals surface area contributed by atoms with Crippen LogP contribution in [0.1, 0.15) is 19.3 Å². The maximum absolute atomic E-state index is 5.46. The van der Waals surface area contributed by atoms with E-state index in [9.17, 15) is 0 Å². The van der Waals surface area contributed by atoms with Crippen LogP contribution in [0.3, 0.4) is 0 Å². The molecule has 0 saturated carbocycles. The van der Waals surface area contributed by atoms with Crippen molar-refractivity contribution in [3.8, 4) is 0 Å². The van der Waals surface area contributed by atoms with Crippen molar-refractivity contribution in [3.05, 3.63) is 12.2 Å². The third-order valence-electron chi connectivity index (χ3n) is 2.56. The maximum Gasteiger partial charge on any atom is 0.00101 e. The molecule has 1 saturated heterocycles. The summed E-state index contributed by atoms with van der Waals surface area (Å²) in [6, 6.07) is 0. The second-order valence-electron chi connectivity index (χ2n) is 3.91. The normalized spacial score (nSPS) is 24.7. The lowest BCUT2D eigenvalue weighted by Gasteiger charge is -2.11. The van der Waals surface area contributed by atoms with Crippen LogP contribution in [0.4, 0.5) is 0 Å². The highest BCUT2D eigenvalue weighted by Gasteiger charge is 2.19. The molecule has 1 heterocycles. The zero-order chi connectivity index (χ0) is 8.97. The molecule has 1 aliphatic rings. The fourth-order valence-electron chi connectivity index (χ4n) is 1.91. The molecule has 1 aliphatic heterocycles. The fourth-order valence-corrected chi connectivity index (χ4v) is 1.91. The van der Waals surface area contributed by atoms with Gasteiger partial charge in [0.05, 0.1) is 0 Å². The number of nitrogens with zero attached hydrogens (tertiary/aromatic N) is 1. The predicted octanol–water partition coefficient (Wildman–Crippen LogP) is 1.23. The lowest BCUT2D eigenvalue weighted by atomic mass is 9.98. The molecular weight excluding hydrogens is 148 g/mol. The van der Waals surface area contributed by atoms with E-state index < -0.39 is 0 Å². The Morgan fingerprint density at radius 3 is 2.92 bits per heavy atom. The largest absolute Gasteiger partial charge is 0.330 e. The lowest BCUT2D eigenvalue weighted by molar-refractivity contribution is 0.393. The fraction of sp³-hybridized carbons (Fsp3) is 0.800. The number of hydrogen-bond donors (Lipinski definition) is 1. The second-order valence-corrected chi connectivity index (χ2v) is 3.91. The molecule has 2 nitrogen and oxygen atoms in total. The van der Waals surface area contributed by atoms with E-state index in [1.54, 1.807) is 0 Å². The minimum Gasteiger partial charge on any atom is -0.330 e. The summed E-state index contributed by atoms with van der Waals surface area (Å²) in [6.45, 7) is 7.28. The van der Waals surface area contributed by atoms with Gasteiger partial charge >= 0.3 is 0 Å². The van der Waals surface area contributed by atoms with Crippen molar-refractivity contribution in [2.24, 2.45) is 11.7 Å². The Morgan fingerprint density at radius 1 is 1.67 bits per heavy atom. The van der Waals surface area contributed by atoms with E-state index >= 15 is 0 Å². The molecule has 0 spiro atoms. The van der Waals surface area contributed by atoms with Gasteiger partial charge in [-0.3, -0.25) is 0 Å². The molecule has 0 bridgehead atoms. The molecule has 2 heteroatoms. The number of likely N-dealkylation sites (tertiary alicyclic amines) is 1. The Balaban J connectivity index is 2.18. The summed E-state index contributed by atoms with van der Waals surface area (Å²) in [5.74, 6) is 0.842. The average molecular weight is 168 g/mol. The molecule has 1 atom stereocenters. The molecule has 0 radical (unpaired) electrons. The van der Waals surface area contributed by atoms with Gasteiger partial charge in [-0.15, -0.1) is 0 Å². The van der Waals surface area contributed by atoms with Crippen LogP contribution in [0, 0.1) is 5.92 Å². The van der Waals surface area contributed by atoms with Gasteiger partial charge < -0.3 is 10.6 Å². The summed E-state index contributed by atoms with van der Waals surface area (Å²) in [6.07, 6.45) is 3.52. The molecule has 70 valence electrons. The van der Waals surface area contributed by atoms with E-state index in [-0.39, 0.29) is 0 Å². The van der Waals surface area contributed by atoms with E-state index in [4.69, 9.17) is 5.73 Å². The van der Waals surface area contributed by atoms with Crippen LogP contribution in [-0.2, 0) is 0 Å². The van der Waals surface area contributed by atoms with Gasteiger partial charge in [0.25, 0.3) is 0 Å². The van der Waals surface area contributed by atoms with Gasteiger partial charge in [-0.1, -0.05) is 12.2 Å². The smallest absolute Gasteiger partial charge is 0.00101 e.